The molecular weight excluding hydrogens is 581 g/mol. The highest BCUT2D eigenvalue weighted by Gasteiger charge is 2.31. The number of benzene rings is 4. The molecule has 5 aromatic rings. The average Bonchev–Trinajstić information content (AvgIpc) is 3.03. The molecule has 0 bridgehead atoms. The summed E-state index contributed by atoms with van der Waals surface area (Å²) >= 11 is 0. The molecule has 0 spiro atoms. The summed E-state index contributed by atoms with van der Waals surface area (Å²) in [4.78, 5) is 20.3. The fourth-order valence-corrected chi connectivity index (χ4v) is 5.35. The number of nitrogens with one attached hydrogen (secondary N) is 2. The molecule has 1 aliphatic heterocycles. The highest BCUT2D eigenvalue weighted by atomic mass is 19.4. The maximum absolute atomic E-state index is 13.6. The van der Waals surface area contributed by atoms with E-state index in [2.05, 4.69) is 21.6 Å². The molecule has 1 aromatic heterocycles. The van der Waals surface area contributed by atoms with E-state index in [0.29, 0.717) is 24.7 Å². The summed E-state index contributed by atoms with van der Waals surface area (Å²) in [6, 6.07) is 24.7. The number of carbonyl (C=O) groups excluding carboxylic acids is 1. The highest BCUT2D eigenvalue weighted by Crippen LogP contribution is 2.38. The summed E-state index contributed by atoms with van der Waals surface area (Å²) in [5.74, 6) is 1.40. The van der Waals surface area contributed by atoms with Crippen molar-refractivity contribution in [3.05, 3.63) is 108 Å². The third-order valence-electron chi connectivity index (χ3n) is 7.67. The molecule has 0 radical (unpaired) electrons. The zero-order valence-electron chi connectivity index (χ0n) is 24.7. The number of aryl methyl sites for hydroxylation is 2. The Morgan fingerprint density at radius 2 is 1.51 bits per heavy atom. The molecule has 230 valence electrons. The first-order valence-electron chi connectivity index (χ1n) is 14.5. The third-order valence-corrected chi connectivity index (χ3v) is 7.67. The summed E-state index contributed by atoms with van der Waals surface area (Å²) in [6.45, 7) is 6.80. The van der Waals surface area contributed by atoms with Crippen LogP contribution in [-0.2, 0) is 10.9 Å². The molecule has 0 aliphatic carbocycles. The number of urea groups is 1. The predicted octanol–water partition coefficient (Wildman–Crippen LogP) is 8.81. The SMILES string of the molecule is Cc1ccc(Oc2ccc(C(F)(F)F)cc2NC(=O)Nc2ccc(-c3ccc(N4CCOCC4)nc3C)c3ccccc23)cc1. The van der Waals surface area contributed by atoms with Crippen LogP contribution in [-0.4, -0.2) is 37.3 Å². The van der Waals surface area contributed by atoms with Crippen LogP contribution in [0.25, 0.3) is 21.9 Å². The molecule has 1 aliphatic rings. The standard InChI is InChI=1S/C35H31F3N4O3/c1-22-7-10-25(11-8-22)45-32-15-9-24(35(36,37)38)21-31(32)41-34(43)40-30-14-12-28(27-5-3-4-6-29(27)30)26-13-16-33(39-23(26)2)42-17-19-44-20-18-42/h3-16,21H,17-20H2,1-2H3,(H2,40,41,43). The van der Waals surface area contributed by atoms with E-state index in [1.165, 1.54) is 6.07 Å². The second kappa shape index (κ2) is 12.5. The fourth-order valence-electron chi connectivity index (χ4n) is 5.35. The number of fused-ring (bicyclic) bond motifs is 1. The van der Waals surface area contributed by atoms with Gasteiger partial charge in [-0.3, -0.25) is 0 Å². The number of hydrogen-bond donors (Lipinski definition) is 2. The Balaban J connectivity index is 1.27. The molecule has 1 fully saturated rings. The van der Waals surface area contributed by atoms with Crippen LogP contribution in [0.3, 0.4) is 0 Å². The maximum atomic E-state index is 13.6. The monoisotopic (exact) mass is 612 g/mol. The summed E-state index contributed by atoms with van der Waals surface area (Å²) in [6.07, 6.45) is -4.60. The summed E-state index contributed by atoms with van der Waals surface area (Å²) in [5.41, 5.74) is 3.24. The Bertz CT molecular complexity index is 1850. The Labute approximate surface area is 258 Å². The molecule has 2 amide bonds. The Hall–Kier alpha value is -5.09. The average molecular weight is 613 g/mol. The summed E-state index contributed by atoms with van der Waals surface area (Å²) in [7, 11) is 0. The van der Waals surface area contributed by atoms with Gasteiger partial charge >= 0.3 is 12.2 Å². The molecule has 0 saturated carbocycles. The van der Waals surface area contributed by atoms with Gasteiger partial charge in [-0.1, -0.05) is 48.0 Å². The Morgan fingerprint density at radius 1 is 0.822 bits per heavy atom. The van der Waals surface area contributed by atoms with Crippen molar-refractivity contribution >= 4 is 34.0 Å². The topological polar surface area (TPSA) is 75.7 Å². The second-order valence-electron chi connectivity index (χ2n) is 10.8. The molecule has 2 heterocycles. The van der Waals surface area contributed by atoms with Crippen molar-refractivity contribution in [3.8, 4) is 22.6 Å². The number of anilines is 3. The number of rotatable bonds is 6. The van der Waals surface area contributed by atoms with E-state index in [0.717, 1.165) is 64.2 Å². The second-order valence-corrected chi connectivity index (χ2v) is 10.8. The van der Waals surface area contributed by atoms with Gasteiger partial charge in [-0.15, -0.1) is 0 Å². The fraction of sp³-hybridized carbons (Fsp3) is 0.200. The van der Waals surface area contributed by atoms with Crippen LogP contribution in [0.15, 0.2) is 91.0 Å². The van der Waals surface area contributed by atoms with E-state index in [-0.39, 0.29) is 11.4 Å². The third kappa shape index (κ3) is 6.71. The minimum absolute atomic E-state index is 0.0747. The first-order valence-corrected chi connectivity index (χ1v) is 14.5. The van der Waals surface area contributed by atoms with Crippen molar-refractivity contribution in [2.75, 3.05) is 41.8 Å². The van der Waals surface area contributed by atoms with Gasteiger partial charge in [0.1, 0.15) is 11.6 Å². The number of pyridine rings is 1. The van der Waals surface area contributed by atoms with Crippen LogP contribution in [0.1, 0.15) is 16.8 Å². The molecule has 2 N–H and O–H groups in total. The van der Waals surface area contributed by atoms with Crippen molar-refractivity contribution in [3.63, 3.8) is 0 Å². The van der Waals surface area contributed by atoms with Gasteiger partial charge in [-0.05, 0) is 73.3 Å². The lowest BCUT2D eigenvalue weighted by Gasteiger charge is -2.28. The minimum atomic E-state index is -4.60. The molecule has 0 unspecified atom stereocenters. The van der Waals surface area contributed by atoms with E-state index < -0.39 is 17.8 Å². The molecule has 45 heavy (non-hydrogen) atoms. The van der Waals surface area contributed by atoms with Crippen LogP contribution in [0.4, 0.5) is 35.2 Å². The number of ether oxygens (including phenoxy) is 2. The number of morpholine rings is 1. The Morgan fingerprint density at radius 3 is 2.22 bits per heavy atom. The van der Waals surface area contributed by atoms with Crippen molar-refractivity contribution < 1.29 is 27.4 Å². The molecule has 7 nitrogen and oxygen atoms in total. The van der Waals surface area contributed by atoms with Crippen LogP contribution in [0.2, 0.25) is 0 Å². The van der Waals surface area contributed by atoms with Gasteiger partial charge in [0.15, 0.2) is 5.75 Å². The smallest absolute Gasteiger partial charge is 0.416 e. The number of nitrogens with zero attached hydrogens (tertiary/aromatic N) is 2. The number of aromatic nitrogens is 1. The number of amides is 2. The van der Waals surface area contributed by atoms with E-state index >= 15 is 0 Å². The van der Waals surface area contributed by atoms with Gasteiger partial charge in [0, 0.05) is 29.7 Å². The molecule has 6 rings (SSSR count). The maximum Gasteiger partial charge on any atom is 0.416 e. The normalized spacial score (nSPS) is 13.5. The molecule has 4 aromatic carbocycles. The number of alkyl halides is 3. The predicted molar refractivity (Wildman–Crippen MR) is 170 cm³/mol. The summed E-state index contributed by atoms with van der Waals surface area (Å²) < 4.78 is 52.0. The van der Waals surface area contributed by atoms with Gasteiger partial charge in [0.2, 0.25) is 0 Å². The lowest BCUT2D eigenvalue weighted by molar-refractivity contribution is -0.137. The van der Waals surface area contributed by atoms with Gasteiger partial charge in [-0.25, -0.2) is 9.78 Å². The van der Waals surface area contributed by atoms with Gasteiger partial charge in [0.25, 0.3) is 0 Å². The van der Waals surface area contributed by atoms with E-state index in [1.807, 2.05) is 62.4 Å². The van der Waals surface area contributed by atoms with Crippen molar-refractivity contribution in [2.45, 2.75) is 20.0 Å². The van der Waals surface area contributed by atoms with Crippen LogP contribution >= 0.6 is 0 Å². The van der Waals surface area contributed by atoms with Crippen LogP contribution in [0, 0.1) is 13.8 Å². The van der Waals surface area contributed by atoms with Gasteiger partial charge in [0.05, 0.1) is 30.2 Å². The zero-order valence-corrected chi connectivity index (χ0v) is 24.7. The van der Waals surface area contributed by atoms with Crippen molar-refractivity contribution in [1.29, 1.82) is 0 Å². The van der Waals surface area contributed by atoms with E-state index in [4.69, 9.17) is 14.5 Å². The number of hydrogen-bond acceptors (Lipinski definition) is 5. The van der Waals surface area contributed by atoms with E-state index in [1.54, 1.807) is 18.2 Å². The van der Waals surface area contributed by atoms with Gasteiger partial charge < -0.3 is 25.0 Å². The van der Waals surface area contributed by atoms with Crippen LogP contribution in [0.5, 0.6) is 11.5 Å². The summed E-state index contributed by atoms with van der Waals surface area (Å²) in [5, 5.41) is 7.03. The van der Waals surface area contributed by atoms with Gasteiger partial charge in [-0.2, -0.15) is 13.2 Å². The van der Waals surface area contributed by atoms with Crippen molar-refractivity contribution in [2.24, 2.45) is 0 Å². The van der Waals surface area contributed by atoms with Crippen LogP contribution < -0.4 is 20.3 Å². The molecule has 0 atom stereocenters. The molecule has 1 saturated heterocycles. The molecular formula is C35H31F3N4O3. The first kappa shape index (κ1) is 30.0. The van der Waals surface area contributed by atoms with Crippen molar-refractivity contribution in [1.82, 2.24) is 4.98 Å². The first-order chi connectivity index (χ1) is 21.7. The Kier molecular flexibility index (Phi) is 8.32. The number of carbonyl (C=O) groups is 1. The molecule has 10 heteroatoms. The quantitative estimate of drug-likeness (QED) is 0.200. The lowest BCUT2D eigenvalue weighted by Crippen LogP contribution is -2.36. The highest BCUT2D eigenvalue weighted by molar-refractivity contribution is 6.10. The zero-order chi connectivity index (χ0) is 31.6. The van der Waals surface area contributed by atoms with E-state index in [9.17, 15) is 18.0 Å². The minimum Gasteiger partial charge on any atom is -0.455 e. The lowest BCUT2D eigenvalue weighted by atomic mass is 9.96. The largest absolute Gasteiger partial charge is 0.455 e. The number of halogens is 3.